The maximum absolute atomic E-state index is 11.8. The standard InChI is InChI=1S/C29H38O2/c1-3-5-7-9-22-11-14-24(15-12-22)25-16-18-26(19-17-25)28-21-23(10-8-6-4-2)13-20-27(28)29(30)31/h8,10,13,16-22,24H,3-7,9,11-12,14-15H2,1-2H3,(H,30,31)/b10-8+. The number of aromatic carboxylic acids is 1. The minimum atomic E-state index is -0.871. The van der Waals surface area contributed by atoms with Crippen LogP contribution < -0.4 is 0 Å². The highest BCUT2D eigenvalue weighted by Crippen LogP contribution is 2.38. The van der Waals surface area contributed by atoms with E-state index in [0.717, 1.165) is 35.4 Å². The number of hydrogen-bond acceptors (Lipinski definition) is 1. The summed E-state index contributed by atoms with van der Waals surface area (Å²) in [6, 6.07) is 14.3. The maximum atomic E-state index is 11.8. The number of benzene rings is 2. The zero-order valence-corrected chi connectivity index (χ0v) is 19.3. The molecule has 2 nitrogen and oxygen atoms in total. The summed E-state index contributed by atoms with van der Waals surface area (Å²) < 4.78 is 0. The summed E-state index contributed by atoms with van der Waals surface area (Å²) in [4.78, 5) is 11.8. The Kier molecular flexibility index (Phi) is 8.94. The van der Waals surface area contributed by atoms with E-state index in [1.807, 2.05) is 12.1 Å². The third-order valence-corrected chi connectivity index (χ3v) is 6.80. The summed E-state index contributed by atoms with van der Waals surface area (Å²) in [6.07, 6.45) is 17.1. The molecule has 2 heteroatoms. The van der Waals surface area contributed by atoms with Gasteiger partial charge in [0.1, 0.15) is 0 Å². The molecule has 1 saturated carbocycles. The Balaban J connectivity index is 1.71. The second-order valence-corrected chi connectivity index (χ2v) is 9.14. The lowest BCUT2D eigenvalue weighted by Crippen LogP contribution is -2.13. The summed E-state index contributed by atoms with van der Waals surface area (Å²) >= 11 is 0. The van der Waals surface area contributed by atoms with Crippen LogP contribution in [-0.2, 0) is 0 Å². The van der Waals surface area contributed by atoms with Crippen molar-refractivity contribution in [2.75, 3.05) is 0 Å². The monoisotopic (exact) mass is 418 g/mol. The van der Waals surface area contributed by atoms with Gasteiger partial charge in [0.2, 0.25) is 0 Å². The van der Waals surface area contributed by atoms with Crippen molar-refractivity contribution in [3.8, 4) is 11.1 Å². The number of hydrogen-bond donors (Lipinski definition) is 1. The molecule has 0 aliphatic heterocycles. The van der Waals surface area contributed by atoms with E-state index >= 15 is 0 Å². The van der Waals surface area contributed by atoms with Crippen LogP contribution in [0.2, 0.25) is 0 Å². The van der Waals surface area contributed by atoms with Crippen molar-refractivity contribution in [3.63, 3.8) is 0 Å². The molecule has 0 aromatic heterocycles. The molecule has 1 fully saturated rings. The van der Waals surface area contributed by atoms with Crippen LogP contribution in [0.25, 0.3) is 17.2 Å². The molecule has 166 valence electrons. The first-order valence-corrected chi connectivity index (χ1v) is 12.3. The summed E-state index contributed by atoms with van der Waals surface area (Å²) in [5.74, 6) is 0.701. The van der Waals surface area contributed by atoms with E-state index in [1.165, 1.54) is 56.9 Å². The van der Waals surface area contributed by atoms with Crippen molar-refractivity contribution < 1.29 is 9.90 Å². The van der Waals surface area contributed by atoms with Gasteiger partial charge in [-0.3, -0.25) is 0 Å². The third-order valence-electron chi connectivity index (χ3n) is 6.80. The Hall–Kier alpha value is -2.35. The lowest BCUT2D eigenvalue weighted by molar-refractivity contribution is 0.0697. The van der Waals surface area contributed by atoms with Crippen LogP contribution in [0, 0.1) is 5.92 Å². The van der Waals surface area contributed by atoms with E-state index in [2.05, 4.69) is 50.3 Å². The highest BCUT2D eigenvalue weighted by Gasteiger charge is 2.22. The largest absolute Gasteiger partial charge is 0.478 e. The van der Waals surface area contributed by atoms with Crippen LogP contribution in [0.4, 0.5) is 0 Å². The lowest BCUT2D eigenvalue weighted by atomic mass is 9.77. The molecule has 1 N–H and O–H groups in total. The molecule has 1 aliphatic rings. The summed E-state index contributed by atoms with van der Waals surface area (Å²) in [6.45, 7) is 4.43. The molecule has 0 unspecified atom stereocenters. The van der Waals surface area contributed by atoms with E-state index in [0.29, 0.717) is 11.5 Å². The van der Waals surface area contributed by atoms with E-state index in [4.69, 9.17) is 0 Å². The highest BCUT2D eigenvalue weighted by atomic mass is 16.4. The molecule has 0 radical (unpaired) electrons. The number of carbonyl (C=O) groups is 1. The Labute approximate surface area is 188 Å². The average Bonchev–Trinajstić information content (AvgIpc) is 2.80. The SMILES string of the molecule is CCC/C=C/c1ccc(C(=O)O)c(-c2ccc(C3CCC(CCCCC)CC3)cc2)c1. The van der Waals surface area contributed by atoms with Gasteiger partial charge >= 0.3 is 5.97 Å². The molecule has 2 aromatic carbocycles. The molecular formula is C29H38O2. The summed E-state index contributed by atoms with van der Waals surface area (Å²) in [5.41, 5.74) is 4.62. The number of unbranched alkanes of at least 4 members (excludes halogenated alkanes) is 3. The molecule has 3 rings (SSSR count). The Morgan fingerprint density at radius 1 is 0.968 bits per heavy atom. The van der Waals surface area contributed by atoms with Crippen LogP contribution in [0.3, 0.4) is 0 Å². The van der Waals surface area contributed by atoms with Crippen molar-refractivity contribution >= 4 is 12.0 Å². The van der Waals surface area contributed by atoms with Gasteiger partial charge in [-0.2, -0.15) is 0 Å². The maximum Gasteiger partial charge on any atom is 0.336 e. The van der Waals surface area contributed by atoms with Gasteiger partial charge in [-0.25, -0.2) is 4.79 Å². The molecule has 0 spiro atoms. The van der Waals surface area contributed by atoms with Gasteiger partial charge in [-0.05, 0) is 78.3 Å². The Morgan fingerprint density at radius 2 is 1.71 bits per heavy atom. The van der Waals surface area contributed by atoms with Gasteiger partial charge in [0.15, 0.2) is 0 Å². The zero-order chi connectivity index (χ0) is 22.1. The number of rotatable bonds is 10. The molecule has 1 aliphatic carbocycles. The number of carboxylic acids is 1. The van der Waals surface area contributed by atoms with Gasteiger partial charge in [0.05, 0.1) is 5.56 Å². The van der Waals surface area contributed by atoms with Crippen LogP contribution in [0.5, 0.6) is 0 Å². The molecule has 0 atom stereocenters. The third kappa shape index (κ3) is 6.56. The average molecular weight is 419 g/mol. The van der Waals surface area contributed by atoms with Gasteiger partial charge in [0.25, 0.3) is 0 Å². The molecule has 2 aromatic rings. The fraction of sp³-hybridized carbons (Fsp3) is 0.483. The quantitative estimate of drug-likeness (QED) is 0.392. The van der Waals surface area contributed by atoms with Crippen LogP contribution in [-0.4, -0.2) is 11.1 Å². The van der Waals surface area contributed by atoms with E-state index in [-0.39, 0.29) is 0 Å². The van der Waals surface area contributed by atoms with Crippen molar-refractivity contribution in [1.82, 2.24) is 0 Å². The number of allylic oxidation sites excluding steroid dienone is 1. The predicted molar refractivity (Wildman–Crippen MR) is 132 cm³/mol. The van der Waals surface area contributed by atoms with Crippen molar-refractivity contribution in [2.45, 2.75) is 84.0 Å². The number of carboxylic acid groups (broad SMARTS) is 1. The normalized spacial score (nSPS) is 19.0. The van der Waals surface area contributed by atoms with Crippen LogP contribution in [0.15, 0.2) is 48.5 Å². The van der Waals surface area contributed by atoms with Gasteiger partial charge in [0, 0.05) is 0 Å². The molecule has 0 bridgehead atoms. The predicted octanol–water partition coefficient (Wildman–Crippen LogP) is 8.72. The van der Waals surface area contributed by atoms with E-state index < -0.39 is 5.97 Å². The summed E-state index contributed by atoms with van der Waals surface area (Å²) in [7, 11) is 0. The molecule has 0 saturated heterocycles. The molecule has 31 heavy (non-hydrogen) atoms. The topological polar surface area (TPSA) is 37.3 Å². The van der Waals surface area contributed by atoms with Crippen molar-refractivity contribution in [1.29, 1.82) is 0 Å². The van der Waals surface area contributed by atoms with Crippen molar-refractivity contribution in [2.24, 2.45) is 5.92 Å². The molecule has 0 amide bonds. The Morgan fingerprint density at radius 3 is 2.35 bits per heavy atom. The minimum absolute atomic E-state index is 0.368. The van der Waals surface area contributed by atoms with E-state index in [9.17, 15) is 9.90 Å². The summed E-state index contributed by atoms with van der Waals surface area (Å²) in [5, 5.41) is 9.67. The molecule has 0 heterocycles. The van der Waals surface area contributed by atoms with Gasteiger partial charge in [-0.15, -0.1) is 0 Å². The molecular weight excluding hydrogens is 380 g/mol. The second-order valence-electron chi connectivity index (χ2n) is 9.14. The minimum Gasteiger partial charge on any atom is -0.478 e. The second kappa shape index (κ2) is 11.9. The fourth-order valence-electron chi connectivity index (χ4n) is 4.88. The van der Waals surface area contributed by atoms with E-state index in [1.54, 1.807) is 6.07 Å². The first kappa shape index (κ1) is 23.3. The first-order valence-electron chi connectivity index (χ1n) is 12.3. The highest BCUT2D eigenvalue weighted by molar-refractivity contribution is 5.96. The van der Waals surface area contributed by atoms with Crippen LogP contribution in [0.1, 0.15) is 105 Å². The fourth-order valence-corrected chi connectivity index (χ4v) is 4.88. The van der Waals surface area contributed by atoms with Crippen LogP contribution >= 0.6 is 0 Å². The zero-order valence-electron chi connectivity index (χ0n) is 19.3. The van der Waals surface area contributed by atoms with Crippen molar-refractivity contribution in [3.05, 3.63) is 65.2 Å². The lowest BCUT2D eigenvalue weighted by Gasteiger charge is -2.29. The van der Waals surface area contributed by atoms with Gasteiger partial charge in [-0.1, -0.05) is 88.4 Å². The Bertz CT molecular complexity index is 855. The van der Waals surface area contributed by atoms with Gasteiger partial charge < -0.3 is 5.11 Å². The first-order chi connectivity index (χ1) is 15.1. The smallest absolute Gasteiger partial charge is 0.336 e.